The van der Waals surface area contributed by atoms with Gasteiger partial charge in [0.15, 0.2) is 0 Å². The maximum atomic E-state index is 13.0. The number of fused-ring (bicyclic) bond motifs is 1. The van der Waals surface area contributed by atoms with E-state index < -0.39 is 0 Å². The molecule has 4 rings (SSSR count). The largest absolute Gasteiger partial charge is 0.351 e. The van der Waals surface area contributed by atoms with Gasteiger partial charge in [0.2, 0.25) is 5.91 Å². The number of hydrogen-bond donors (Lipinski definition) is 2. The van der Waals surface area contributed by atoms with Crippen molar-refractivity contribution < 1.29 is 9.59 Å². The van der Waals surface area contributed by atoms with Gasteiger partial charge in [0.25, 0.3) is 5.91 Å². The Morgan fingerprint density at radius 3 is 2.56 bits per heavy atom. The maximum Gasteiger partial charge on any atom is 0.254 e. The van der Waals surface area contributed by atoms with Crippen molar-refractivity contribution in [3.8, 4) is 0 Å². The zero-order valence-corrected chi connectivity index (χ0v) is 15.3. The molecule has 2 unspecified atom stereocenters. The average molecular weight is 363 g/mol. The number of nitrogens with zero attached hydrogens (tertiary/aromatic N) is 3. The first-order valence-corrected chi connectivity index (χ1v) is 8.95. The van der Waals surface area contributed by atoms with Crippen molar-refractivity contribution in [1.82, 2.24) is 25.6 Å². The fourth-order valence-corrected chi connectivity index (χ4v) is 3.68. The zero-order valence-electron chi connectivity index (χ0n) is 15.3. The molecule has 7 heteroatoms. The molecule has 138 valence electrons. The number of H-pyrrole nitrogens is 1. The van der Waals surface area contributed by atoms with Crippen molar-refractivity contribution >= 4 is 22.8 Å². The van der Waals surface area contributed by atoms with Crippen LogP contribution in [0.1, 0.15) is 34.3 Å². The van der Waals surface area contributed by atoms with E-state index in [0.29, 0.717) is 24.2 Å². The second kappa shape index (κ2) is 6.83. The summed E-state index contributed by atoms with van der Waals surface area (Å²) in [5, 5.41) is 13.6. The van der Waals surface area contributed by atoms with Crippen molar-refractivity contribution in [3.63, 3.8) is 0 Å². The Morgan fingerprint density at radius 2 is 1.81 bits per heavy atom. The zero-order chi connectivity index (χ0) is 19.0. The molecule has 2 amide bonds. The topological polar surface area (TPSA) is 91.0 Å². The molecule has 2 N–H and O–H groups in total. The molecule has 0 saturated carbocycles. The molecule has 3 aromatic rings. The summed E-state index contributed by atoms with van der Waals surface area (Å²) in [5.74, 6) is -0.0884. The number of aryl methyl sites for hydroxylation is 1. The lowest BCUT2D eigenvalue weighted by molar-refractivity contribution is -0.119. The van der Waals surface area contributed by atoms with Crippen LogP contribution in [0.2, 0.25) is 0 Å². The highest BCUT2D eigenvalue weighted by atomic mass is 16.2. The van der Waals surface area contributed by atoms with Crippen LogP contribution in [0.25, 0.3) is 11.0 Å². The second-order valence-corrected chi connectivity index (χ2v) is 7.06. The second-order valence-electron chi connectivity index (χ2n) is 7.06. The Hall–Kier alpha value is -3.22. The number of likely N-dealkylation sites (tertiary alicyclic amines) is 1. The summed E-state index contributed by atoms with van der Waals surface area (Å²) in [6, 6.07) is 13.4. The van der Waals surface area contributed by atoms with Gasteiger partial charge in [-0.05, 0) is 30.7 Å². The third-order valence-corrected chi connectivity index (χ3v) is 5.06. The number of rotatable bonds is 3. The highest BCUT2D eigenvalue weighted by Crippen LogP contribution is 2.29. The molecule has 27 heavy (non-hydrogen) atoms. The fraction of sp³-hybridized carbons (Fsp3) is 0.300. The summed E-state index contributed by atoms with van der Waals surface area (Å²) in [7, 11) is 0. The van der Waals surface area contributed by atoms with Gasteiger partial charge in [-0.1, -0.05) is 29.8 Å². The highest BCUT2D eigenvalue weighted by molar-refractivity contribution is 5.97. The lowest BCUT2D eigenvalue weighted by Crippen LogP contribution is -2.39. The van der Waals surface area contributed by atoms with Crippen molar-refractivity contribution in [2.45, 2.75) is 25.8 Å². The lowest BCUT2D eigenvalue weighted by atomic mass is 9.93. The average Bonchev–Trinajstić information content (AvgIpc) is 3.27. The van der Waals surface area contributed by atoms with Gasteiger partial charge >= 0.3 is 0 Å². The molecular weight excluding hydrogens is 342 g/mol. The van der Waals surface area contributed by atoms with Crippen LogP contribution in [0.4, 0.5) is 0 Å². The Kier molecular flexibility index (Phi) is 4.35. The summed E-state index contributed by atoms with van der Waals surface area (Å²) in [4.78, 5) is 26.5. The number of carbonyl (C=O) groups excluding carboxylic acids is 2. The van der Waals surface area contributed by atoms with Gasteiger partial charge in [0, 0.05) is 31.5 Å². The van der Waals surface area contributed by atoms with Crippen LogP contribution in [0.5, 0.6) is 0 Å². The van der Waals surface area contributed by atoms with Crippen molar-refractivity contribution in [1.29, 1.82) is 0 Å². The van der Waals surface area contributed by atoms with E-state index in [9.17, 15) is 9.59 Å². The van der Waals surface area contributed by atoms with E-state index in [1.165, 1.54) is 12.5 Å². The highest BCUT2D eigenvalue weighted by Gasteiger charge is 2.37. The molecule has 2 aromatic carbocycles. The Bertz CT molecular complexity index is 995. The van der Waals surface area contributed by atoms with Gasteiger partial charge in [-0.15, -0.1) is 0 Å². The molecule has 0 aliphatic carbocycles. The third kappa shape index (κ3) is 3.40. The first kappa shape index (κ1) is 17.2. The first-order valence-electron chi connectivity index (χ1n) is 8.95. The molecule has 2 heterocycles. The summed E-state index contributed by atoms with van der Waals surface area (Å²) in [5.41, 5.74) is 4.26. The van der Waals surface area contributed by atoms with Gasteiger partial charge < -0.3 is 10.2 Å². The Labute approximate surface area is 156 Å². The molecule has 0 bridgehead atoms. The number of benzene rings is 2. The van der Waals surface area contributed by atoms with Crippen LogP contribution < -0.4 is 5.32 Å². The van der Waals surface area contributed by atoms with E-state index in [1.54, 1.807) is 23.1 Å². The first-order chi connectivity index (χ1) is 13.0. The minimum Gasteiger partial charge on any atom is -0.351 e. The molecule has 2 atom stereocenters. The molecule has 1 saturated heterocycles. The quantitative estimate of drug-likeness (QED) is 0.745. The molecule has 7 nitrogen and oxygen atoms in total. The molecule has 0 radical (unpaired) electrons. The normalized spacial score (nSPS) is 19.4. The molecule has 1 aromatic heterocycles. The van der Waals surface area contributed by atoms with Crippen molar-refractivity contribution in [2.75, 3.05) is 13.1 Å². The SMILES string of the molecule is CC(=O)NC1CN(C(=O)c2ccc3n[nH]nc3c2)CC1c1ccc(C)cc1. The number of aromatic nitrogens is 3. The molecule has 1 aliphatic rings. The predicted molar refractivity (Wildman–Crippen MR) is 101 cm³/mol. The van der Waals surface area contributed by atoms with E-state index in [0.717, 1.165) is 11.1 Å². The third-order valence-electron chi connectivity index (χ3n) is 5.06. The number of hydrogen-bond acceptors (Lipinski definition) is 4. The van der Waals surface area contributed by atoms with Gasteiger partial charge in [-0.25, -0.2) is 0 Å². The Morgan fingerprint density at radius 1 is 1.07 bits per heavy atom. The van der Waals surface area contributed by atoms with E-state index in [1.807, 2.05) is 6.92 Å². The maximum absolute atomic E-state index is 13.0. The Balaban J connectivity index is 1.60. The van der Waals surface area contributed by atoms with Crippen LogP contribution in [0.15, 0.2) is 42.5 Å². The van der Waals surface area contributed by atoms with Gasteiger partial charge in [0.1, 0.15) is 11.0 Å². The number of aromatic amines is 1. The molecular formula is C20H21N5O2. The fourth-order valence-electron chi connectivity index (χ4n) is 3.68. The van der Waals surface area contributed by atoms with Gasteiger partial charge in [-0.3, -0.25) is 9.59 Å². The number of amides is 2. The summed E-state index contributed by atoms with van der Waals surface area (Å²) >= 11 is 0. The molecule has 0 spiro atoms. The number of carbonyl (C=O) groups is 2. The summed E-state index contributed by atoms with van der Waals surface area (Å²) in [6.45, 7) is 4.59. The van der Waals surface area contributed by atoms with Crippen LogP contribution in [-0.4, -0.2) is 51.3 Å². The van der Waals surface area contributed by atoms with E-state index in [4.69, 9.17) is 0 Å². The van der Waals surface area contributed by atoms with Crippen molar-refractivity contribution in [3.05, 3.63) is 59.2 Å². The van der Waals surface area contributed by atoms with Crippen LogP contribution >= 0.6 is 0 Å². The van der Waals surface area contributed by atoms with Crippen LogP contribution in [0, 0.1) is 6.92 Å². The standard InChI is InChI=1S/C20H21N5O2/c1-12-3-5-14(6-4-12)16-10-25(11-19(16)21-13(2)26)20(27)15-7-8-17-18(9-15)23-24-22-17/h3-9,16,19H,10-11H2,1-2H3,(H,21,26)(H,22,23,24). The van der Waals surface area contributed by atoms with Crippen molar-refractivity contribution in [2.24, 2.45) is 0 Å². The summed E-state index contributed by atoms with van der Waals surface area (Å²) in [6.07, 6.45) is 0. The summed E-state index contributed by atoms with van der Waals surface area (Å²) < 4.78 is 0. The monoisotopic (exact) mass is 363 g/mol. The van der Waals surface area contributed by atoms with Gasteiger partial charge in [0.05, 0.1) is 6.04 Å². The smallest absolute Gasteiger partial charge is 0.254 e. The van der Waals surface area contributed by atoms with Crippen LogP contribution in [0.3, 0.4) is 0 Å². The predicted octanol–water partition coefficient (Wildman–Crippen LogP) is 2.01. The van der Waals surface area contributed by atoms with E-state index in [-0.39, 0.29) is 23.8 Å². The van der Waals surface area contributed by atoms with E-state index in [2.05, 4.69) is 45.0 Å². The minimum atomic E-state index is -0.107. The minimum absolute atomic E-state index is 0.0641. The van der Waals surface area contributed by atoms with E-state index >= 15 is 0 Å². The van der Waals surface area contributed by atoms with Gasteiger partial charge in [-0.2, -0.15) is 15.4 Å². The molecule has 1 fully saturated rings. The van der Waals surface area contributed by atoms with Crippen LogP contribution in [-0.2, 0) is 4.79 Å². The number of nitrogens with one attached hydrogen (secondary N) is 2. The lowest BCUT2D eigenvalue weighted by Gasteiger charge is -2.19. The molecule has 1 aliphatic heterocycles.